The lowest BCUT2D eigenvalue weighted by atomic mass is 9.72. The highest BCUT2D eigenvalue weighted by Crippen LogP contribution is 2.44. The van der Waals surface area contributed by atoms with Crippen molar-refractivity contribution >= 4 is 12.0 Å². The van der Waals surface area contributed by atoms with Gasteiger partial charge in [0.15, 0.2) is 0 Å². The van der Waals surface area contributed by atoms with Gasteiger partial charge in [-0.05, 0) is 54.9 Å². The second-order valence-electron chi connectivity index (χ2n) is 9.39. The van der Waals surface area contributed by atoms with Gasteiger partial charge in [0.2, 0.25) is 5.91 Å². The van der Waals surface area contributed by atoms with Crippen molar-refractivity contribution in [1.82, 2.24) is 10.2 Å². The van der Waals surface area contributed by atoms with Crippen LogP contribution in [0, 0.1) is 11.7 Å². The largest absolute Gasteiger partial charge is 0.465 e. The van der Waals surface area contributed by atoms with E-state index in [-0.39, 0.29) is 19.5 Å². The van der Waals surface area contributed by atoms with Crippen molar-refractivity contribution in [2.45, 2.75) is 50.7 Å². The second kappa shape index (κ2) is 12.3. The molecule has 1 heterocycles. The van der Waals surface area contributed by atoms with Gasteiger partial charge in [-0.3, -0.25) is 4.79 Å². The number of likely N-dealkylation sites (tertiary alicyclic amines) is 1. The van der Waals surface area contributed by atoms with Crippen LogP contribution in [0.4, 0.5) is 9.18 Å². The number of piperidine rings is 1. The van der Waals surface area contributed by atoms with Gasteiger partial charge in [-0.2, -0.15) is 0 Å². The van der Waals surface area contributed by atoms with Crippen LogP contribution in [0.5, 0.6) is 0 Å². The SMILES string of the molecule is CCc1cccc(-c2c(F)cccc2C(O)(CCCNC(=O)O)C2CCCN(C(=O)[C@@H](N)CO)C2)c1. The maximum Gasteiger partial charge on any atom is 0.404 e. The summed E-state index contributed by atoms with van der Waals surface area (Å²) in [5, 5.41) is 32.9. The topological polar surface area (TPSA) is 136 Å². The summed E-state index contributed by atoms with van der Waals surface area (Å²) in [5.74, 6) is -1.30. The van der Waals surface area contributed by atoms with E-state index in [4.69, 9.17) is 10.8 Å². The number of aliphatic hydroxyl groups excluding tert-OH is 1. The van der Waals surface area contributed by atoms with Crippen LogP contribution in [-0.2, 0) is 16.8 Å². The molecule has 2 amide bonds. The molecule has 2 unspecified atom stereocenters. The summed E-state index contributed by atoms with van der Waals surface area (Å²) >= 11 is 0. The Bertz CT molecular complexity index is 1070. The summed E-state index contributed by atoms with van der Waals surface area (Å²) in [4.78, 5) is 25.2. The molecule has 0 aliphatic carbocycles. The van der Waals surface area contributed by atoms with E-state index in [1.165, 1.54) is 6.07 Å². The number of amides is 2. The van der Waals surface area contributed by atoms with Gasteiger partial charge in [-0.15, -0.1) is 0 Å². The monoisotopic (exact) mass is 501 g/mol. The van der Waals surface area contributed by atoms with Gasteiger partial charge in [-0.1, -0.05) is 43.3 Å². The Kier molecular flexibility index (Phi) is 9.42. The Hall–Kier alpha value is -3.01. The fourth-order valence-corrected chi connectivity index (χ4v) is 5.12. The van der Waals surface area contributed by atoms with Crippen LogP contribution in [0.2, 0.25) is 0 Å². The normalized spacial score (nSPS) is 18.4. The van der Waals surface area contributed by atoms with Crippen LogP contribution in [0.1, 0.15) is 43.7 Å². The lowest BCUT2D eigenvalue weighted by Crippen LogP contribution is -2.53. The molecule has 36 heavy (non-hydrogen) atoms. The van der Waals surface area contributed by atoms with E-state index in [0.29, 0.717) is 42.5 Å². The van der Waals surface area contributed by atoms with Gasteiger partial charge in [0, 0.05) is 31.1 Å². The van der Waals surface area contributed by atoms with Gasteiger partial charge >= 0.3 is 6.09 Å². The molecule has 3 rings (SSSR count). The third-order valence-corrected chi connectivity index (χ3v) is 7.04. The molecule has 0 saturated carbocycles. The van der Waals surface area contributed by atoms with E-state index in [2.05, 4.69) is 5.32 Å². The molecule has 1 saturated heterocycles. The zero-order valence-corrected chi connectivity index (χ0v) is 20.6. The summed E-state index contributed by atoms with van der Waals surface area (Å²) in [6.45, 7) is 2.30. The molecule has 0 radical (unpaired) electrons. The van der Waals surface area contributed by atoms with Crippen molar-refractivity contribution in [2.75, 3.05) is 26.2 Å². The number of hydrogen-bond acceptors (Lipinski definition) is 5. The molecular formula is C27H36FN3O5. The minimum absolute atomic E-state index is 0.123. The number of aryl methyl sites for hydroxylation is 1. The molecule has 2 aromatic carbocycles. The summed E-state index contributed by atoms with van der Waals surface area (Å²) in [6.07, 6.45) is 1.29. The molecular weight excluding hydrogens is 465 g/mol. The predicted octanol–water partition coefficient (Wildman–Crippen LogP) is 2.85. The highest BCUT2D eigenvalue weighted by Gasteiger charge is 2.43. The van der Waals surface area contributed by atoms with Gasteiger partial charge < -0.3 is 31.3 Å². The molecule has 1 aliphatic heterocycles. The Morgan fingerprint density at radius 3 is 2.72 bits per heavy atom. The van der Waals surface area contributed by atoms with E-state index >= 15 is 4.39 Å². The summed E-state index contributed by atoms with van der Waals surface area (Å²) in [6, 6.07) is 11.1. The number of halogens is 1. The number of benzene rings is 2. The van der Waals surface area contributed by atoms with Crippen LogP contribution >= 0.6 is 0 Å². The lowest BCUT2D eigenvalue weighted by Gasteiger charge is -2.44. The number of nitrogens with zero attached hydrogens (tertiary/aromatic N) is 1. The first-order valence-electron chi connectivity index (χ1n) is 12.4. The number of hydrogen-bond donors (Lipinski definition) is 5. The van der Waals surface area contributed by atoms with Crippen LogP contribution < -0.4 is 11.1 Å². The highest BCUT2D eigenvalue weighted by atomic mass is 19.1. The standard InChI is InChI=1S/C27H36FN3O5/c1-2-18-7-3-8-19(15-18)24-21(10-4-11-22(24)28)27(36,12-6-13-30-26(34)35)20-9-5-14-31(16-20)25(33)23(29)17-32/h3-4,7-8,10-11,15,20,23,30,32,36H,2,5-6,9,12-14,16-17,29H2,1H3,(H,34,35)/t20?,23-,27?/m0/s1. The molecule has 0 spiro atoms. The zero-order valence-electron chi connectivity index (χ0n) is 20.6. The Balaban J connectivity index is 2.05. The predicted molar refractivity (Wildman–Crippen MR) is 135 cm³/mol. The van der Waals surface area contributed by atoms with Crippen molar-refractivity contribution in [3.8, 4) is 11.1 Å². The molecule has 196 valence electrons. The minimum atomic E-state index is -1.54. The smallest absolute Gasteiger partial charge is 0.404 e. The van der Waals surface area contributed by atoms with E-state index in [0.717, 1.165) is 12.0 Å². The summed E-state index contributed by atoms with van der Waals surface area (Å²) in [5.41, 5.74) is 6.63. The number of carbonyl (C=O) groups is 2. The molecule has 2 aromatic rings. The fourth-order valence-electron chi connectivity index (χ4n) is 5.12. The van der Waals surface area contributed by atoms with E-state index in [9.17, 15) is 19.8 Å². The first-order chi connectivity index (χ1) is 17.2. The number of carboxylic acid groups (broad SMARTS) is 1. The van der Waals surface area contributed by atoms with Crippen molar-refractivity contribution in [3.63, 3.8) is 0 Å². The van der Waals surface area contributed by atoms with Crippen LogP contribution in [0.25, 0.3) is 11.1 Å². The van der Waals surface area contributed by atoms with Crippen molar-refractivity contribution < 1.29 is 29.3 Å². The van der Waals surface area contributed by atoms with Gasteiger partial charge in [0.05, 0.1) is 12.2 Å². The van der Waals surface area contributed by atoms with Gasteiger partial charge in [0.1, 0.15) is 11.9 Å². The lowest BCUT2D eigenvalue weighted by molar-refractivity contribution is -0.139. The molecule has 8 nitrogen and oxygen atoms in total. The van der Waals surface area contributed by atoms with Crippen molar-refractivity contribution in [2.24, 2.45) is 11.7 Å². The van der Waals surface area contributed by atoms with Gasteiger partial charge in [-0.25, -0.2) is 9.18 Å². The first kappa shape index (κ1) is 27.6. The molecule has 9 heteroatoms. The Morgan fingerprint density at radius 1 is 1.28 bits per heavy atom. The average molecular weight is 502 g/mol. The average Bonchev–Trinajstić information content (AvgIpc) is 2.89. The number of nitrogens with two attached hydrogens (primary N) is 1. The van der Waals surface area contributed by atoms with E-state index < -0.39 is 42.0 Å². The molecule has 6 N–H and O–H groups in total. The molecule has 1 aliphatic rings. The Labute approximate surface area is 210 Å². The van der Waals surface area contributed by atoms with Crippen molar-refractivity contribution in [1.29, 1.82) is 0 Å². The number of nitrogens with one attached hydrogen (secondary N) is 1. The first-order valence-corrected chi connectivity index (χ1v) is 12.4. The maximum absolute atomic E-state index is 15.4. The second-order valence-corrected chi connectivity index (χ2v) is 9.39. The van der Waals surface area contributed by atoms with Gasteiger partial charge in [0.25, 0.3) is 0 Å². The summed E-state index contributed by atoms with van der Waals surface area (Å²) < 4.78 is 15.4. The molecule has 0 aromatic heterocycles. The van der Waals surface area contributed by atoms with E-state index in [1.54, 1.807) is 17.0 Å². The number of rotatable bonds is 10. The number of aliphatic hydroxyl groups is 2. The quantitative estimate of drug-likeness (QED) is 0.318. The third kappa shape index (κ3) is 6.21. The minimum Gasteiger partial charge on any atom is -0.465 e. The maximum atomic E-state index is 15.4. The molecule has 1 fully saturated rings. The molecule has 0 bridgehead atoms. The van der Waals surface area contributed by atoms with Crippen LogP contribution in [0.15, 0.2) is 42.5 Å². The van der Waals surface area contributed by atoms with Crippen LogP contribution in [0.3, 0.4) is 0 Å². The molecule has 3 atom stereocenters. The van der Waals surface area contributed by atoms with Crippen molar-refractivity contribution in [3.05, 3.63) is 59.4 Å². The highest BCUT2D eigenvalue weighted by molar-refractivity contribution is 5.82. The van der Waals surface area contributed by atoms with E-state index in [1.807, 2.05) is 31.2 Å². The number of carbonyl (C=O) groups excluding carboxylic acids is 1. The summed E-state index contributed by atoms with van der Waals surface area (Å²) in [7, 11) is 0. The Morgan fingerprint density at radius 2 is 2.03 bits per heavy atom. The third-order valence-electron chi connectivity index (χ3n) is 7.04. The van der Waals surface area contributed by atoms with Crippen LogP contribution in [-0.4, -0.2) is 64.5 Å². The fraction of sp³-hybridized carbons (Fsp3) is 0.481. The zero-order chi connectivity index (χ0) is 26.3.